The molecule has 0 spiro atoms. The highest BCUT2D eigenvalue weighted by Gasteiger charge is 2.28. The van der Waals surface area contributed by atoms with Crippen LogP contribution in [0.3, 0.4) is 0 Å². The molecule has 3 aromatic heterocycles. The Morgan fingerprint density at radius 2 is 1.94 bits per heavy atom. The molecule has 4 heterocycles. The zero-order chi connectivity index (χ0) is 22.4. The largest absolute Gasteiger partial charge is 0.396 e. The lowest BCUT2D eigenvalue weighted by molar-refractivity contribution is 0.0546. The average molecular weight is 447 g/mol. The van der Waals surface area contributed by atoms with Crippen LogP contribution in [-0.4, -0.2) is 60.5 Å². The molecule has 1 aliphatic heterocycles. The van der Waals surface area contributed by atoms with Crippen molar-refractivity contribution in [2.45, 2.75) is 50.7 Å². The van der Waals surface area contributed by atoms with Gasteiger partial charge in [-0.1, -0.05) is 25.3 Å². The third-order valence-electron chi connectivity index (χ3n) is 7.49. The van der Waals surface area contributed by atoms with E-state index in [1.54, 1.807) is 6.33 Å². The van der Waals surface area contributed by atoms with Crippen LogP contribution in [0.4, 0.5) is 5.82 Å². The van der Waals surface area contributed by atoms with Crippen LogP contribution >= 0.6 is 0 Å². The number of aliphatic hydroxyl groups excluding tert-OH is 2. The summed E-state index contributed by atoms with van der Waals surface area (Å²) < 4.78 is 2.35. The third kappa shape index (κ3) is 3.67. The Morgan fingerprint density at radius 1 is 1.06 bits per heavy atom. The maximum Gasteiger partial charge on any atom is 0.131 e. The molecule has 0 unspecified atom stereocenters. The van der Waals surface area contributed by atoms with Crippen molar-refractivity contribution in [3.8, 4) is 11.3 Å². The summed E-state index contributed by atoms with van der Waals surface area (Å²) in [5.74, 6) is 0.739. The van der Waals surface area contributed by atoms with Crippen LogP contribution < -0.4 is 4.90 Å². The molecule has 0 bridgehead atoms. The molecule has 1 saturated heterocycles. The highest BCUT2D eigenvalue weighted by molar-refractivity contribution is 5.93. The lowest BCUT2D eigenvalue weighted by atomic mass is 9.95. The van der Waals surface area contributed by atoms with Gasteiger partial charge in [0.1, 0.15) is 17.0 Å². The first-order valence-electron chi connectivity index (χ1n) is 12.1. The second-order valence-corrected chi connectivity index (χ2v) is 9.52. The minimum absolute atomic E-state index is 0.0147. The number of hydrogen-bond donors (Lipinski definition) is 3. The quantitative estimate of drug-likeness (QED) is 0.442. The highest BCUT2D eigenvalue weighted by Crippen LogP contribution is 2.34. The topological polar surface area (TPSA) is 103 Å². The van der Waals surface area contributed by atoms with Crippen LogP contribution in [0.1, 0.15) is 44.6 Å². The molecule has 0 radical (unpaired) electrons. The van der Waals surface area contributed by atoms with E-state index in [-0.39, 0.29) is 12.5 Å². The van der Waals surface area contributed by atoms with E-state index in [1.165, 1.54) is 37.6 Å². The van der Waals surface area contributed by atoms with Gasteiger partial charge in [-0.25, -0.2) is 15.0 Å². The molecule has 4 aromatic rings. The highest BCUT2D eigenvalue weighted by atomic mass is 16.3. The van der Waals surface area contributed by atoms with Crippen LogP contribution in [0.5, 0.6) is 0 Å². The van der Waals surface area contributed by atoms with E-state index in [1.807, 2.05) is 12.4 Å². The number of aromatic amines is 1. The number of imidazole rings is 2. The van der Waals surface area contributed by atoms with Gasteiger partial charge in [-0.15, -0.1) is 0 Å². The number of fused-ring (bicyclic) bond motifs is 2. The van der Waals surface area contributed by atoms with E-state index in [4.69, 9.17) is 9.97 Å². The number of β-amino-alcohol motifs (C(OH)–C–C–N with tert-alkyl or cyclic N) is 1. The molecule has 8 nitrogen and oxygen atoms in total. The fourth-order valence-electron chi connectivity index (χ4n) is 5.53. The number of aliphatic hydroxyl groups is 2. The number of hydrogen-bond acceptors (Lipinski definition) is 6. The first-order chi connectivity index (χ1) is 16.2. The number of pyridine rings is 1. The predicted octanol–water partition coefficient (Wildman–Crippen LogP) is 3.66. The van der Waals surface area contributed by atoms with E-state index in [0.29, 0.717) is 12.6 Å². The minimum Gasteiger partial charge on any atom is -0.396 e. The van der Waals surface area contributed by atoms with E-state index in [0.717, 1.165) is 46.6 Å². The number of piperidine rings is 1. The summed E-state index contributed by atoms with van der Waals surface area (Å²) in [6.07, 6.45) is 10.2. The number of nitrogens with one attached hydrogen (secondary N) is 1. The second kappa shape index (κ2) is 8.43. The van der Waals surface area contributed by atoms with Crippen LogP contribution in [0.2, 0.25) is 0 Å². The van der Waals surface area contributed by atoms with Gasteiger partial charge >= 0.3 is 0 Å². The zero-order valence-electron chi connectivity index (χ0n) is 18.7. The van der Waals surface area contributed by atoms with Gasteiger partial charge in [-0.05, 0) is 31.4 Å². The predicted molar refractivity (Wildman–Crippen MR) is 128 cm³/mol. The van der Waals surface area contributed by atoms with Crippen molar-refractivity contribution < 1.29 is 10.2 Å². The Kier molecular flexibility index (Phi) is 5.27. The molecular weight excluding hydrogens is 416 g/mol. The van der Waals surface area contributed by atoms with Crippen LogP contribution in [0.25, 0.3) is 33.3 Å². The summed E-state index contributed by atoms with van der Waals surface area (Å²) in [4.78, 5) is 19.6. The summed E-state index contributed by atoms with van der Waals surface area (Å²) in [7, 11) is 0. The maximum absolute atomic E-state index is 10.4. The van der Waals surface area contributed by atoms with Crippen molar-refractivity contribution in [1.82, 2.24) is 24.5 Å². The molecule has 1 aliphatic carbocycles. The maximum atomic E-state index is 10.4. The van der Waals surface area contributed by atoms with Crippen molar-refractivity contribution in [3.63, 3.8) is 0 Å². The van der Waals surface area contributed by atoms with Crippen LogP contribution in [0, 0.1) is 5.92 Å². The molecule has 1 aromatic carbocycles. The molecule has 6 rings (SSSR count). The zero-order valence-corrected chi connectivity index (χ0v) is 18.7. The van der Waals surface area contributed by atoms with E-state index >= 15 is 0 Å². The molecule has 2 atom stereocenters. The van der Waals surface area contributed by atoms with Gasteiger partial charge in [-0.2, -0.15) is 0 Å². The molecule has 172 valence electrons. The fourth-order valence-corrected chi connectivity index (χ4v) is 5.53. The molecular formula is C25H30N6O2. The number of H-pyrrole nitrogens is 1. The van der Waals surface area contributed by atoms with Gasteiger partial charge in [0.05, 0.1) is 35.3 Å². The molecule has 8 heteroatoms. The van der Waals surface area contributed by atoms with E-state index < -0.39 is 6.10 Å². The monoisotopic (exact) mass is 446 g/mol. The number of anilines is 1. The first kappa shape index (κ1) is 20.6. The number of nitrogens with zero attached hydrogens (tertiary/aromatic N) is 5. The van der Waals surface area contributed by atoms with Gasteiger partial charge in [-0.3, -0.25) is 0 Å². The summed E-state index contributed by atoms with van der Waals surface area (Å²) in [5.41, 5.74) is 5.71. The van der Waals surface area contributed by atoms with Crippen molar-refractivity contribution in [2.75, 3.05) is 24.6 Å². The lowest BCUT2D eigenvalue weighted by Crippen LogP contribution is -2.45. The summed E-state index contributed by atoms with van der Waals surface area (Å²) in [5, 5.41) is 19.9. The summed E-state index contributed by atoms with van der Waals surface area (Å²) in [6, 6.07) is 8.93. The van der Waals surface area contributed by atoms with Gasteiger partial charge in [0, 0.05) is 43.3 Å². The smallest absolute Gasteiger partial charge is 0.131 e. The van der Waals surface area contributed by atoms with Crippen LogP contribution in [0.15, 0.2) is 36.9 Å². The normalized spacial score (nSPS) is 22.4. The third-order valence-corrected chi connectivity index (χ3v) is 7.49. The van der Waals surface area contributed by atoms with Gasteiger partial charge in [0.2, 0.25) is 0 Å². The summed E-state index contributed by atoms with van der Waals surface area (Å²) in [6.45, 7) is 1.22. The Balaban J connectivity index is 1.38. The summed E-state index contributed by atoms with van der Waals surface area (Å²) >= 11 is 0. The van der Waals surface area contributed by atoms with Crippen molar-refractivity contribution in [2.24, 2.45) is 5.92 Å². The Bertz CT molecular complexity index is 1270. The second-order valence-electron chi connectivity index (χ2n) is 9.52. The number of aromatic nitrogens is 5. The van der Waals surface area contributed by atoms with Gasteiger partial charge < -0.3 is 24.7 Å². The molecule has 0 amide bonds. The van der Waals surface area contributed by atoms with Crippen LogP contribution in [-0.2, 0) is 0 Å². The van der Waals surface area contributed by atoms with Gasteiger partial charge in [0.25, 0.3) is 0 Å². The standard InChI is InChI=1S/C25H30N6O2/c32-13-17-8-9-30(12-22(17)33)23-11-20-25(27-14-26-20)24(29-23)16-6-7-21-19(10-16)28-15-31(21)18-4-2-1-3-5-18/h6-7,10-11,14-15,17-18,22,32-33H,1-5,8-9,12-13H2,(H,26,27)/t17-,22+/m1/s1. The SMILES string of the molecule is OC[C@H]1CCN(c2cc3[nH]cnc3c(-c3ccc4c(c3)ncn4C3CCCCC3)n2)C[C@@H]1O. The Morgan fingerprint density at radius 3 is 2.76 bits per heavy atom. The molecule has 3 N–H and O–H groups in total. The van der Waals surface area contributed by atoms with E-state index in [2.05, 4.69) is 37.6 Å². The molecule has 33 heavy (non-hydrogen) atoms. The first-order valence-corrected chi connectivity index (χ1v) is 12.1. The van der Waals surface area contributed by atoms with E-state index in [9.17, 15) is 10.2 Å². The average Bonchev–Trinajstić information content (AvgIpc) is 3.50. The number of rotatable bonds is 4. The van der Waals surface area contributed by atoms with Crippen molar-refractivity contribution in [3.05, 3.63) is 36.9 Å². The lowest BCUT2D eigenvalue weighted by Gasteiger charge is -2.36. The molecule has 1 saturated carbocycles. The Labute approximate surface area is 192 Å². The van der Waals surface area contributed by atoms with Gasteiger partial charge in [0.15, 0.2) is 0 Å². The molecule has 2 fully saturated rings. The fraction of sp³-hybridized carbons (Fsp3) is 0.480. The molecule has 2 aliphatic rings. The van der Waals surface area contributed by atoms with Crippen molar-refractivity contribution >= 4 is 27.9 Å². The Hall–Kier alpha value is -2.97. The van der Waals surface area contributed by atoms with Crippen molar-refractivity contribution in [1.29, 1.82) is 0 Å². The minimum atomic E-state index is -0.563. The number of benzene rings is 1.